The molecule has 1 saturated carbocycles. The molecule has 0 atom stereocenters. The lowest BCUT2D eigenvalue weighted by Crippen LogP contribution is -2.23. The van der Waals surface area contributed by atoms with Gasteiger partial charge in [0.25, 0.3) is 0 Å². The largest absolute Gasteiger partial charge is 0.367 e. The average molecular weight is 305 g/mol. The zero-order chi connectivity index (χ0) is 15.5. The highest BCUT2D eigenvalue weighted by molar-refractivity contribution is 5.90. The average Bonchev–Trinajstić information content (AvgIpc) is 2.63. The van der Waals surface area contributed by atoms with Crippen molar-refractivity contribution in [2.45, 2.75) is 38.1 Å². The van der Waals surface area contributed by atoms with E-state index in [2.05, 4.69) is 28.5 Å². The van der Waals surface area contributed by atoms with Crippen LogP contribution in [0.25, 0.3) is 22.3 Å². The molecule has 4 heteroatoms. The van der Waals surface area contributed by atoms with E-state index in [1.165, 1.54) is 32.1 Å². The first kappa shape index (κ1) is 14.1. The minimum Gasteiger partial charge on any atom is -0.367 e. The van der Waals surface area contributed by atoms with Gasteiger partial charge in [0.2, 0.25) is 0 Å². The molecule has 2 heterocycles. The molecule has 1 aliphatic carbocycles. The lowest BCUT2D eigenvalue weighted by molar-refractivity contribution is -0.377. The second kappa shape index (κ2) is 6.32. The van der Waals surface area contributed by atoms with Gasteiger partial charge in [0.15, 0.2) is 18.2 Å². The summed E-state index contributed by atoms with van der Waals surface area (Å²) in [5.74, 6) is 1.74. The van der Waals surface area contributed by atoms with Crippen molar-refractivity contribution in [3.63, 3.8) is 0 Å². The Labute approximate surface area is 136 Å². The Balaban J connectivity index is 1.77. The second-order valence-corrected chi connectivity index (χ2v) is 6.18. The molecule has 1 aliphatic rings. The number of hydrogen-bond acceptors (Lipinski definition) is 3. The molecule has 0 unspecified atom stereocenters. The maximum atomic E-state index is 4.83. The van der Waals surface area contributed by atoms with E-state index in [1.54, 1.807) is 0 Å². The molecule has 1 fully saturated rings. The SMILES string of the molecule is c1ccc2c(NC3CCCCC3)nc(-c3cc[nH+]cc3)nc2c1. The van der Waals surface area contributed by atoms with Crippen LogP contribution in [0.3, 0.4) is 0 Å². The smallest absolute Gasteiger partial charge is 0.167 e. The van der Waals surface area contributed by atoms with Crippen LogP contribution in [0, 0.1) is 0 Å². The first-order chi connectivity index (χ1) is 11.4. The predicted molar refractivity (Wildman–Crippen MR) is 92.0 cm³/mol. The van der Waals surface area contributed by atoms with Crippen LogP contribution in [0.15, 0.2) is 48.8 Å². The molecule has 0 amide bonds. The van der Waals surface area contributed by atoms with Gasteiger partial charge in [-0.3, -0.25) is 0 Å². The van der Waals surface area contributed by atoms with Crippen LogP contribution < -0.4 is 10.3 Å². The maximum absolute atomic E-state index is 4.83. The Bertz CT molecular complexity index is 795. The van der Waals surface area contributed by atoms with E-state index < -0.39 is 0 Å². The third-order valence-corrected chi connectivity index (χ3v) is 4.53. The molecular formula is C19H21N4+. The molecule has 1 aromatic carbocycles. The van der Waals surface area contributed by atoms with Crippen molar-refractivity contribution in [1.29, 1.82) is 0 Å². The summed E-state index contributed by atoms with van der Waals surface area (Å²) in [5, 5.41) is 4.78. The van der Waals surface area contributed by atoms with Crippen molar-refractivity contribution in [1.82, 2.24) is 9.97 Å². The Morgan fingerprint density at radius 1 is 0.913 bits per heavy atom. The molecule has 116 valence electrons. The zero-order valence-corrected chi connectivity index (χ0v) is 13.1. The number of fused-ring (bicyclic) bond motifs is 1. The number of anilines is 1. The number of nitrogens with one attached hydrogen (secondary N) is 2. The molecule has 2 N–H and O–H groups in total. The standard InChI is InChI=1S/C19H20N4/c1-2-6-15(7-3-1)21-19-16-8-4-5-9-17(16)22-18(23-19)14-10-12-20-13-11-14/h4-5,8-13,15H,1-3,6-7H2,(H,21,22,23)/p+1. The van der Waals surface area contributed by atoms with Gasteiger partial charge in [-0.25, -0.2) is 15.0 Å². The van der Waals surface area contributed by atoms with Crippen molar-refractivity contribution >= 4 is 16.7 Å². The highest BCUT2D eigenvalue weighted by Gasteiger charge is 2.16. The number of hydrogen-bond donors (Lipinski definition) is 1. The highest BCUT2D eigenvalue weighted by atomic mass is 15.1. The molecule has 23 heavy (non-hydrogen) atoms. The molecule has 3 aromatic rings. The lowest BCUT2D eigenvalue weighted by atomic mass is 9.95. The maximum Gasteiger partial charge on any atom is 0.167 e. The summed E-state index contributed by atoms with van der Waals surface area (Å²) in [4.78, 5) is 12.6. The molecule has 4 rings (SSSR count). The number of aromatic amines is 1. The van der Waals surface area contributed by atoms with E-state index in [1.807, 2.05) is 30.6 Å². The first-order valence-corrected chi connectivity index (χ1v) is 8.40. The summed E-state index contributed by atoms with van der Waals surface area (Å²) in [6, 6.07) is 12.8. The normalized spacial score (nSPS) is 15.7. The number of rotatable bonds is 3. The molecule has 4 nitrogen and oxygen atoms in total. The van der Waals surface area contributed by atoms with Crippen molar-refractivity contribution in [2.75, 3.05) is 5.32 Å². The quantitative estimate of drug-likeness (QED) is 0.799. The molecule has 0 saturated heterocycles. The van der Waals surface area contributed by atoms with Gasteiger partial charge < -0.3 is 5.32 Å². The Hall–Kier alpha value is -2.49. The summed E-state index contributed by atoms with van der Waals surface area (Å²) in [5.41, 5.74) is 2.02. The zero-order valence-electron chi connectivity index (χ0n) is 13.1. The van der Waals surface area contributed by atoms with E-state index in [0.29, 0.717) is 6.04 Å². The molecule has 0 radical (unpaired) electrons. The third-order valence-electron chi connectivity index (χ3n) is 4.53. The van der Waals surface area contributed by atoms with Gasteiger partial charge in [0.1, 0.15) is 5.82 Å². The highest BCUT2D eigenvalue weighted by Crippen LogP contribution is 2.27. The van der Waals surface area contributed by atoms with Crippen molar-refractivity contribution in [2.24, 2.45) is 0 Å². The van der Waals surface area contributed by atoms with Crippen molar-refractivity contribution < 1.29 is 4.98 Å². The third kappa shape index (κ3) is 3.02. The summed E-state index contributed by atoms with van der Waals surface area (Å²) >= 11 is 0. The fraction of sp³-hybridized carbons (Fsp3) is 0.316. The lowest BCUT2D eigenvalue weighted by Gasteiger charge is -2.24. The molecular weight excluding hydrogens is 284 g/mol. The number of para-hydroxylation sites is 1. The van der Waals surface area contributed by atoms with E-state index in [4.69, 9.17) is 9.97 Å². The Morgan fingerprint density at radius 2 is 1.70 bits per heavy atom. The Kier molecular flexibility index (Phi) is 3.88. The van der Waals surface area contributed by atoms with Gasteiger partial charge in [-0.05, 0) is 25.0 Å². The molecule has 0 spiro atoms. The van der Waals surface area contributed by atoms with Gasteiger partial charge in [-0.1, -0.05) is 31.4 Å². The summed E-state index contributed by atoms with van der Waals surface area (Å²) in [7, 11) is 0. The fourth-order valence-corrected chi connectivity index (χ4v) is 3.29. The summed E-state index contributed by atoms with van der Waals surface area (Å²) in [6.07, 6.45) is 10.2. The fourth-order valence-electron chi connectivity index (χ4n) is 3.29. The topological polar surface area (TPSA) is 52.0 Å². The van der Waals surface area contributed by atoms with Gasteiger partial charge in [-0.15, -0.1) is 0 Å². The van der Waals surface area contributed by atoms with E-state index in [-0.39, 0.29) is 0 Å². The number of pyridine rings is 1. The van der Waals surface area contributed by atoms with Crippen LogP contribution in [0.1, 0.15) is 32.1 Å². The van der Waals surface area contributed by atoms with Gasteiger partial charge >= 0.3 is 0 Å². The van der Waals surface area contributed by atoms with Crippen LogP contribution in [-0.2, 0) is 0 Å². The minimum absolute atomic E-state index is 0.527. The monoisotopic (exact) mass is 305 g/mol. The predicted octanol–water partition coefficient (Wildman–Crippen LogP) is 3.86. The second-order valence-electron chi connectivity index (χ2n) is 6.18. The van der Waals surface area contributed by atoms with E-state index in [9.17, 15) is 0 Å². The summed E-state index contributed by atoms with van der Waals surface area (Å²) < 4.78 is 0. The van der Waals surface area contributed by atoms with Crippen LogP contribution in [0.2, 0.25) is 0 Å². The first-order valence-electron chi connectivity index (χ1n) is 8.40. The van der Waals surface area contributed by atoms with E-state index in [0.717, 1.165) is 28.1 Å². The van der Waals surface area contributed by atoms with Crippen LogP contribution >= 0.6 is 0 Å². The van der Waals surface area contributed by atoms with Crippen LogP contribution in [0.4, 0.5) is 5.82 Å². The van der Waals surface area contributed by atoms with Crippen LogP contribution in [0.5, 0.6) is 0 Å². The van der Waals surface area contributed by atoms with Crippen molar-refractivity contribution in [3.05, 3.63) is 48.8 Å². The molecule has 0 bridgehead atoms. The number of nitrogens with zero attached hydrogens (tertiary/aromatic N) is 2. The van der Waals surface area contributed by atoms with Gasteiger partial charge in [0, 0.05) is 29.1 Å². The number of benzene rings is 1. The van der Waals surface area contributed by atoms with Gasteiger partial charge in [-0.2, -0.15) is 0 Å². The van der Waals surface area contributed by atoms with E-state index >= 15 is 0 Å². The molecule has 0 aliphatic heterocycles. The van der Waals surface area contributed by atoms with Crippen LogP contribution in [-0.4, -0.2) is 16.0 Å². The number of aromatic nitrogens is 3. The van der Waals surface area contributed by atoms with Crippen molar-refractivity contribution in [3.8, 4) is 11.4 Å². The van der Waals surface area contributed by atoms with Gasteiger partial charge in [0.05, 0.1) is 5.52 Å². The summed E-state index contributed by atoms with van der Waals surface area (Å²) in [6.45, 7) is 0. The Morgan fingerprint density at radius 3 is 2.52 bits per heavy atom. The number of H-pyrrole nitrogens is 1. The molecule has 2 aromatic heterocycles. The minimum atomic E-state index is 0.527.